The molecule has 0 spiro atoms. The molecule has 0 aromatic heterocycles. The van der Waals surface area contributed by atoms with Gasteiger partial charge in [0, 0.05) is 12.2 Å². The van der Waals surface area contributed by atoms with E-state index in [-0.39, 0.29) is 0 Å². The summed E-state index contributed by atoms with van der Waals surface area (Å²) in [6, 6.07) is 0. The van der Waals surface area contributed by atoms with Crippen molar-refractivity contribution in [1.82, 2.24) is 0 Å². The van der Waals surface area contributed by atoms with Crippen LogP contribution in [0, 0.1) is 0 Å². The number of hydrogen-bond acceptors (Lipinski definition) is 4. The molecule has 0 aromatic carbocycles. The standard InChI is InChI=1S/C4H4O4/c5-3-1-2-4(6,7)8-3/h1-2,6-7H. The number of carbonyl (C=O) groups excluding carboxylic acids is 1. The van der Waals surface area contributed by atoms with Crippen LogP contribution in [0.3, 0.4) is 0 Å². The molecule has 0 radical (unpaired) electrons. The molecule has 0 aromatic rings. The van der Waals surface area contributed by atoms with Crippen LogP contribution < -0.4 is 0 Å². The van der Waals surface area contributed by atoms with Gasteiger partial charge in [0.1, 0.15) is 0 Å². The van der Waals surface area contributed by atoms with E-state index in [4.69, 9.17) is 10.2 Å². The van der Waals surface area contributed by atoms with Gasteiger partial charge in [0.05, 0.1) is 0 Å². The van der Waals surface area contributed by atoms with Gasteiger partial charge in [-0.3, -0.25) is 0 Å². The summed E-state index contributed by atoms with van der Waals surface area (Å²) in [4.78, 5) is 10.0. The topological polar surface area (TPSA) is 66.8 Å². The summed E-state index contributed by atoms with van der Waals surface area (Å²) in [7, 11) is 0. The van der Waals surface area contributed by atoms with Crippen LogP contribution in [0.4, 0.5) is 0 Å². The number of ether oxygens (including phenoxy) is 1. The molecule has 2 N–H and O–H groups in total. The molecular formula is C4H4O4. The molecule has 0 atom stereocenters. The minimum atomic E-state index is -2.36. The maximum atomic E-state index is 10.0. The lowest BCUT2D eigenvalue weighted by atomic mass is 10.5. The summed E-state index contributed by atoms with van der Waals surface area (Å²) in [5.74, 6) is -3.10. The summed E-state index contributed by atoms with van der Waals surface area (Å²) in [5.41, 5.74) is 0. The predicted octanol–water partition coefficient (Wildman–Crippen LogP) is -1.26. The molecule has 0 bridgehead atoms. The normalized spacial score (nSPS) is 23.5. The lowest BCUT2D eigenvalue weighted by Gasteiger charge is -2.09. The molecule has 0 saturated carbocycles. The highest BCUT2D eigenvalue weighted by Gasteiger charge is 2.29. The summed E-state index contributed by atoms with van der Waals surface area (Å²) in [5, 5.41) is 16.8. The first-order valence-corrected chi connectivity index (χ1v) is 1.97. The van der Waals surface area contributed by atoms with Crippen molar-refractivity contribution in [3.63, 3.8) is 0 Å². The van der Waals surface area contributed by atoms with E-state index in [9.17, 15) is 4.79 Å². The second-order valence-corrected chi connectivity index (χ2v) is 1.41. The molecule has 8 heavy (non-hydrogen) atoms. The Morgan fingerprint density at radius 3 is 2.38 bits per heavy atom. The number of rotatable bonds is 0. The monoisotopic (exact) mass is 116 g/mol. The highest BCUT2D eigenvalue weighted by Crippen LogP contribution is 2.10. The first kappa shape index (κ1) is 5.27. The summed E-state index contributed by atoms with van der Waals surface area (Å²) in [6.07, 6.45) is 1.80. The van der Waals surface area contributed by atoms with Crippen molar-refractivity contribution < 1.29 is 19.7 Å². The fourth-order valence-corrected chi connectivity index (χ4v) is 0.393. The van der Waals surface area contributed by atoms with E-state index in [1.165, 1.54) is 0 Å². The van der Waals surface area contributed by atoms with Crippen LogP contribution in [-0.4, -0.2) is 22.2 Å². The van der Waals surface area contributed by atoms with Crippen molar-refractivity contribution in [2.75, 3.05) is 0 Å². The Balaban J connectivity index is 2.72. The van der Waals surface area contributed by atoms with Gasteiger partial charge in [-0.15, -0.1) is 0 Å². The van der Waals surface area contributed by atoms with E-state index in [1.54, 1.807) is 0 Å². The second-order valence-electron chi connectivity index (χ2n) is 1.41. The van der Waals surface area contributed by atoms with Crippen LogP contribution in [0.15, 0.2) is 12.2 Å². The third-order valence-corrected chi connectivity index (χ3v) is 0.687. The van der Waals surface area contributed by atoms with Crippen LogP contribution >= 0.6 is 0 Å². The fraction of sp³-hybridized carbons (Fsp3) is 0.250. The maximum Gasteiger partial charge on any atom is 0.346 e. The van der Waals surface area contributed by atoms with Crippen molar-refractivity contribution in [2.24, 2.45) is 0 Å². The Kier molecular flexibility index (Phi) is 0.858. The van der Waals surface area contributed by atoms with Gasteiger partial charge >= 0.3 is 11.9 Å². The second kappa shape index (κ2) is 1.30. The Morgan fingerprint density at radius 2 is 2.25 bits per heavy atom. The fourth-order valence-electron chi connectivity index (χ4n) is 0.393. The van der Waals surface area contributed by atoms with E-state index in [0.29, 0.717) is 0 Å². The minimum absolute atomic E-state index is 0.741. The number of esters is 1. The zero-order valence-corrected chi connectivity index (χ0v) is 3.87. The quantitative estimate of drug-likeness (QED) is 0.306. The van der Waals surface area contributed by atoms with E-state index in [1.807, 2.05) is 0 Å². The highest BCUT2D eigenvalue weighted by molar-refractivity contribution is 5.84. The minimum Gasteiger partial charge on any atom is -0.401 e. The van der Waals surface area contributed by atoms with Gasteiger partial charge in [-0.2, -0.15) is 0 Å². The first-order valence-electron chi connectivity index (χ1n) is 1.97. The number of carbonyl (C=O) groups is 1. The average Bonchev–Trinajstić information content (AvgIpc) is 1.82. The highest BCUT2D eigenvalue weighted by atomic mass is 16.8. The van der Waals surface area contributed by atoms with Crippen molar-refractivity contribution in [3.05, 3.63) is 12.2 Å². The Bertz CT molecular complexity index is 146. The Labute approximate surface area is 45.0 Å². The van der Waals surface area contributed by atoms with Gasteiger partial charge in [0.2, 0.25) is 0 Å². The summed E-state index contributed by atoms with van der Waals surface area (Å²) in [6.45, 7) is 0. The van der Waals surface area contributed by atoms with Gasteiger partial charge in [-0.05, 0) is 0 Å². The van der Waals surface area contributed by atoms with Crippen LogP contribution in [-0.2, 0) is 9.53 Å². The van der Waals surface area contributed by atoms with Gasteiger partial charge in [-0.25, -0.2) is 4.79 Å². The third kappa shape index (κ3) is 0.853. The molecule has 4 heteroatoms. The van der Waals surface area contributed by atoms with Crippen molar-refractivity contribution in [2.45, 2.75) is 5.97 Å². The lowest BCUT2D eigenvalue weighted by Crippen LogP contribution is -2.26. The lowest BCUT2D eigenvalue weighted by molar-refractivity contribution is -0.276. The molecule has 44 valence electrons. The van der Waals surface area contributed by atoms with Crippen LogP contribution in [0.5, 0.6) is 0 Å². The molecule has 1 heterocycles. The maximum absolute atomic E-state index is 10.0. The zero-order chi connectivity index (χ0) is 6.20. The van der Waals surface area contributed by atoms with Gasteiger partial charge in [-0.1, -0.05) is 0 Å². The number of aliphatic hydroxyl groups is 2. The molecule has 0 fully saturated rings. The van der Waals surface area contributed by atoms with E-state index < -0.39 is 11.9 Å². The summed E-state index contributed by atoms with van der Waals surface area (Å²) >= 11 is 0. The molecule has 1 aliphatic heterocycles. The Morgan fingerprint density at radius 1 is 1.62 bits per heavy atom. The molecule has 1 rings (SSSR count). The largest absolute Gasteiger partial charge is 0.401 e. The van der Waals surface area contributed by atoms with Crippen molar-refractivity contribution >= 4 is 5.97 Å². The van der Waals surface area contributed by atoms with E-state index in [2.05, 4.69) is 4.74 Å². The Hall–Kier alpha value is -0.870. The average molecular weight is 116 g/mol. The van der Waals surface area contributed by atoms with Crippen molar-refractivity contribution in [3.8, 4) is 0 Å². The van der Waals surface area contributed by atoms with Gasteiger partial charge in [0.15, 0.2) is 0 Å². The smallest absolute Gasteiger partial charge is 0.346 e. The van der Waals surface area contributed by atoms with E-state index >= 15 is 0 Å². The first-order chi connectivity index (χ1) is 3.60. The number of cyclic esters (lactones) is 1. The zero-order valence-electron chi connectivity index (χ0n) is 3.87. The SMILES string of the molecule is O=C1C=CC(O)(O)O1. The molecule has 0 unspecified atom stereocenters. The molecular weight excluding hydrogens is 112 g/mol. The molecule has 1 aliphatic rings. The van der Waals surface area contributed by atoms with Gasteiger partial charge < -0.3 is 14.9 Å². The van der Waals surface area contributed by atoms with Crippen LogP contribution in [0.2, 0.25) is 0 Å². The molecule has 0 aliphatic carbocycles. The predicted molar refractivity (Wildman–Crippen MR) is 22.4 cm³/mol. The van der Waals surface area contributed by atoms with Crippen LogP contribution in [0.1, 0.15) is 0 Å². The summed E-state index contributed by atoms with van der Waals surface area (Å²) < 4.78 is 3.91. The number of hydrogen-bond donors (Lipinski definition) is 2. The van der Waals surface area contributed by atoms with Crippen LogP contribution in [0.25, 0.3) is 0 Å². The molecule has 0 saturated heterocycles. The molecule has 0 amide bonds. The van der Waals surface area contributed by atoms with E-state index in [0.717, 1.165) is 12.2 Å². The third-order valence-electron chi connectivity index (χ3n) is 0.687. The van der Waals surface area contributed by atoms with Crippen molar-refractivity contribution in [1.29, 1.82) is 0 Å². The molecule has 4 nitrogen and oxygen atoms in total. The van der Waals surface area contributed by atoms with Gasteiger partial charge in [0.25, 0.3) is 0 Å².